The smallest absolute Gasteiger partial charge is 0.315 e. The second-order valence-corrected chi connectivity index (χ2v) is 10.9. The molecule has 1 saturated carbocycles. The van der Waals surface area contributed by atoms with E-state index in [4.69, 9.17) is 9.16 Å². The summed E-state index contributed by atoms with van der Waals surface area (Å²) >= 11 is 0. The largest absolute Gasteiger partial charge is 0.468 e. The highest BCUT2D eigenvalue weighted by atomic mass is 28.4. The molecule has 0 aromatic heterocycles. The van der Waals surface area contributed by atoms with Gasteiger partial charge in [0.2, 0.25) is 0 Å². The van der Waals surface area contributed by atoms with Gasteiger partial charge in [0.15, 0.2) is 8.32 Å². The van der Waals surface area contributed by atoms with E-state index in [0.717, 1.165) is 5.57 Å². The molecule has 0 amide bonds. The molecule has 0 unspecified atom stereocenters. The molecule has 1 aliphatic carbocycles. The average molecular weight is 294 g/mol. The molecule has 2 atom stereocenters. The van der Waals surface area contributed by atoms with Gasteiger partial charge in [-0.3, -0.25) is 4.79 Å². The van der Waals surface area contributed by atoms with Crippen molar-refractivity contribution in [3.8, 4) is 0 Å². The number of hydrogen-bond donors (Lipinski definition) is 0. The molecule has 1 rings (SSSR count). The number of esters is 1. The van der Waals surface area contributed by atoms with Crippen LogP contribution in [0.3, 0.4) is 0 Å². The van der Waals surface area contributed by atoms with Gasteiger partial charge in [0.1, 0.15) is 5.41 Å². The number of methoxy groups -OCH3 is 1. The lowest BCUT2D eigenvalue weighted by atomic mass is 9.93. The zero-order valence-electron chi connectivity index (χ0n) is 13.3. The summed E-state index contributed by atoms with van der Waals surface area (Å²) in [5.41, 5.74) is -0.305. The molecule has 3 nitrogen and oxygen atoms in total. The molecular formula is C16H26O3Si. The quantitative estimate of drug-likeness (QED) is 0.310. The van der Waals surface area contributed by atoms with Crippen molar-refractivity contribution in [1.82, 2.24) is 0 Å². The fourth-order valence-electron chi connectivity index (χ4n) is 2.80. The van der Waals surface area contributed by atoms with Gasteiger partial charge in [0, 0.05) is 0 Å². The number of carbonyl (C=O) groups excluding carboxylic acids is 1. The summed E-state index contributed by atoms with van der Waals surface area (Å²) in [6.45, 7) is 16.0. The second-order valence-electron chi connectivity index (χ2n) is 6.44. The molecule has 0 N–H and O–H groups in total. The fourth-order valence-corrected chi connectivity index (χ4v) is 4.29. The molecule has 0 heterocycles. The van der Waals surface area contributed by atoms with E-state index < -0.39 is 19.3 Å². The minimum absolute atomic E-state index is 0.215. The van der Waals surface area contributed by atoms with E-state index in [-0.39, 0.29) is 5.97 Å². The van der Waals surface area contributed by atoms with Crippen LogP contribution >= 0.6 is 0 Å². The molecule has 1 fully saturated rings. The van der Waals surface area contributed by atoms with Crippen LogP contribution in [0.25, 0.3) is 0 Å². The van der Waals surface area contributed by atoms with Crippen LogP contribution in [0.4, 0.5) is 0 Å². The molecule has 0 aliphatic heterocycles. The van der Waals surface area contributed by atoms with Crippen molar-refractivity contribution in [2.24, 2.45) is 5.41 Å². The van der Waals surface area contributed by atoms with E-state index >= 15 is 0 Å². The minimum atomic E-state index is -1.80. The standard InChI is InChI=1S/C16H26O3Si/c1-8-9-10-11-15(14(17)18-4)12-16(15,13(2)3)19-20(5,6)7/h8-10H,1-2,11-12H2,3-7H3/b10-9+/t15-,16-/m0/s1. The molecular weight excluding hydrogens is 268 g/mol. The Labute approximate surface area is 123 Å². The van der Waals surface area contributed by atoms with Gasteiger partial charge in [-0.25, -0.2) is 0 Å². The minimum Gasteiger partial charge on any atom is -0.468 e. The molecule has 0 spiro atoms. The van der Waals surface area contributed by atoms with E-state index in [1.54, 1.807) is 6.08 Å². The summed E-state index contributed by atoms with van der Waals surface area (Å²) in [6, 6.07) is 0. The normalized spacial score (nSPS) is 29.2. The molecule has 0 radical (unpaired) electrons. The Bertz CT molecular complexity index is 447. The zero-order valence-corrected chi connectivity index (χ0v) is 14.3. The molecule has 112 valence electrons. The van der Waals surface area contributed by atoms with E-state index in [1.165, 1.54) is 7.11 Å². The fraction of sp³-hybridized carbons (Fsp3) is 0.562. The number of ether oxygens (including phenoxy) is 1. The lowest BCUT2D eigenvalue weighted by Crippen LogP contribution is -2.40. The Balaban J connectivity index is 3.13. The van der Waals surface area contributed by atoms with Crippen LogP contribution in [-0.4, -0.2) is 27.0 Å². The van der Waals surface area contributed by atoms with Crippen LogP contribution in [0.1, 0.15) is 19.8 Å². The Hall–Kier alpha value is -1.13. The predicted molar refractivity (Wildman–Crippen MR) is 85.0 cm³/mol. The molecule has 1 aliphatic rings. The van der Waals surface area contributed by atoms with Gasteiger partial charge in [0.25, 0.3) is 0 Å². The van der Waals surface area contributed by atoms with Crippen molar-refractivity contribution in [1.29, 1.82) is 0 Å². The van der Waals surface area contributed by atoms with Crippen LogP contribution < -0.4 is 0 Å². The molecule has 0 bridgehead atoms. The summed E-state index contributed by atoms with van der Waals surface area (Å²) < 4.78 is 11.4. The average Bonchev–Trinajstić information content (AvgIpc) is 2.96. The molecule has 0 aromatic rings. The van der Waals surface area contributed by atoms with Crippen molar-refractivity contribution in [2.75, 3.05) is 7.11 Å². The van der Waals surface area contributed by atoms with Crippen LogP contribution in [0.5, 0.6) is 0 Å². The maximum atomic E-state index is 12.3. The number of carbonyl (C=O) groups is 1. The summed E-state index contributed by atoms with van der Waals surface area (Å²) in [5.74, 6) is -0.215. The topological polar surface area (TPSA) is 35.5 Å². The first-order valence-electron chi connectivity index (χ1n) is 6.87. The summed E-state index contributed by atoms with van der Waals surface area (Å²) in [6.07, 6.45) is 6.73. The Morgan fingerprint density at radius 1 is 1.40 bits per heavy atom. The molecule has 0 aromatic carbocycles. The SMILES string of the molecule is C=C/C=C/C[C@@]1(C(=O)OC)C[C@]1(O[Si](C)(C)C)C(=C)C. The van der Waals surface area contributed by atoms with Gasteiger partial charge in [-0.2, -0.15) is 0 Å². The third-order valence-corrected chi connectivity index (χ3v) is 4.64. The highest BCUT2D eigenvalue weighted by Crippen LogP contribution is 2.66. The van der Waals surface area contributed by atoms with E-state index in [1.807, 2.05) is 19.1 Å². The van der Waals surface area contributed by atoms with Crippen LogP contribution in [0.2, 0.25) is 19.6 Å². The molecule has 0 saturated heterocycles. The van der Waals surface area contributed by atoms with Gasteiger partial charge < -0.3 is 9.16 Å². The first-order valence-corrected chi connectivity index (χ1v) is 10.3. The van der Waals surface area contributed by atoms with E-state index in [0.29, 0.717) is 12.8 Å². The predicted octanol–water partition coefficient (Wildman–Crippen LogP) is 3.85. The number of rotatable bonds is 7. The molecule has 4 heteroatoms. The molecule has 20 heavy (non-hydrogen) atoms. The summed E-state index contributed by atoms with van der Waals surface area (Å²) in [5, 5.41) is 0. The van der Waals surface area contributed by atoms with Crippen molar-refractivity contribution in [3.05, 3.63) is 37.0 Å². The van der Waals surface area contributed by atoms with Gasteiger partial charge >= 0.3 is 5.97 Å². The second kappa shape index (κ2) is 5.70. The van der Waals surface area contributed by atoms with E-state index in [2.05, 4.69) is 32.8 Å². The Kier molecular flexibility index (Phi) is 4.82. The summed E-state index contributed by atoms with van der Waals surface area (Å²) in [4.78, 5) is 12.3. The van der Waals surface area contributed by atoms with Gasteiger partial charge in [-0.05, 0) is 45.0 Å². The van der Waals surface area contributed by atoms with Crippen molar-refractivity contribution in [3.63, 3.8) is 0 Å². The van der Waals surface area contributed by atoms with E-state index in [9.17, 15) is 4.79 Å². The van der Waals surface area contributed by atoms with Crippen LogP contribution in [0, 0.1) is 5.41 Å². The van der Waals surface area contributed by atoms with Gasteiger partial charge in [-0.15, -0.1) is 0 Å². The first kappa shape index (κ1) is 16.9. The maximum absolute atomic E-state index is 12.3. The van der Waals surface area contributed by atoms with Crippen molar-refractivity contribution < 1.29 is 14.0 Å². The first-order chi connectivity index (χ1) is 9.15. The van der Waals surface area contributed by atoms with Crippen LogP contribution in [0.15, 0.2) is 37.0 Å². The zero-order chi connectivity index (χ0) is 15.6. The lowest BCUT2D eigenvalue weighted by Gasteiger charge is -2.31. The highest BCUT2D eigenvalue weighted by Gasteiger charge is 2.74. The maximum Gasteiger partial charge on any atom is 0.315 e. The highest BCUT2D eigenvalue weighted by molar-refractivity contribution is 6.70. The van der Waals surface area contributed by atoms with Gasteiger partial charge in [-0.1, -0.05) is 31.4 Å². The van der Waals surface area contributed by atoms with Crippen molar-refractivity contribution in [2.45, 2.75) is 45.0 Å². The monoisotopic (exact) mass is 294 g/mol. The van der Waals surface area contributed by atoms with Crippen LogP contribution in [-0.2, 0) is 14.0 Å². The lowest BCUT2D eigenvalue weighted by molar-refractivity contribution is -0.149. The third-order valence-electron chi connectivity index (χ3n) is 3.68. The third kappa shape index (κ3) is 2.96. The Morgan fingerprint density at radius 2 is 2.00 bits per heavy atom. The number of hydrogen-bond acceptors (Lipinski definition) is 3. The summed E-state index contributed by atoms with van der Waals surface area (Å²) in [7, 11) is -0.373. The number of allylic oxidation sites excluding steroid dienone is 3. The van der Waals surface area contributed by atoms with Gasteiger partial charge in [0.05, 0.1) is 12.7 Å². The Morgan fingerprint density at radius 3 is 2.40 bits per heavy atom. The van der Waals surface area contributed by atoms with Crippen molar-refractivity contribution >= 4 is 14.3 Å².